The van der Waals surface area contributed by atoms with Crippen LogP contribution in [-0.2, 0) is 25.6 Å². The molecule has 0 bridgehead atoms. The van der Waals surface area contributed by atoms with Crippen LogP contribution in [0.5, 0.6) is 5.88 Å². The minimum absolute atomic E-state index is 0.0172. The Morgan fingerprint density at radius 3 is 2.60 bits per heavy atom. The molecule has 1 amide bonds. The first kappa shape index (κ1) is 21.1. The molecule has 0 aliphatic carbocycles. The molecule has 0 saturated heterocycles. The SMILES string of the molecule is CC(CNC(=O)OC(C)(C)C)Oc1ncc(F)cc1COS(C)(=O)=O. The van der Waals surface area contributed by atoms with Gasteiger partial charge in [0.15, 0.2) is 0 Å². The molecule has 10 heteroatoms. The van der Waals surface area contributed by atoms with E-state index in [0.29, 0.717) is 0 Å². The fraction of sp³-hybridized carbons (Fsp3) is 0.600. The summed E-state index contributed by atoms with van der Waals surface area (Å²) in [6.45, 7) is 6.57. The van der Waals surface area contributed by atoms with Gasteiger partial charge in [0.2, 0.25) is 5.88 Å². The summed E-state index contributed by atoms with van der Waals surface area (Å²) in [6.07, 6.45) is 0.694. The van der Waals surface area contributed by atoms with Crippen molar-refractivity contribution in [2.24, 2.45) is 0 Å². The van der Waals surface area contributed by atoms with Gasteiger partial charge in [0, 0.05) is 5.56 Å². The topological polar surface area (TPSA) is 104 Å². The van der Waals surface area contributed by atoms with E-state index in [-0.39, 0.29) is 18.0 Å². The number of nitrogens with one attached hydrogen (secondary N) is 1. The van der Waals surface area contributed by atoms with Crippen molar-refractivity contribution in [3.63, 3.8) is 0 Å². The van der Waals surface area contributed by atoms with Crippen LogP contribution in [0.1, 0.15) is 33.3 Å². The number of nitrogens with zero attached hydrogens (tertiary/aromatic N) is 1. The number of halogens is 1. The second kappa shape index (κ2) is 8.43. The molecule has 0 aliphatic rings. The minimum atomic E-state index is -3.70. The number of carbonyl (C=O) groups excluding carboxylic acids is 1. The van der Waals surface area contributed by atoms with E-state index < -0.39 is 40.3 Å². The number of carbonyl (C=O) groups is 1. The van der Waals surface area contributed by atoms with Gasteiger partial charge < -0.3 is 14.8 Å². The van der Waals surface area contributed by atoms with Crippen LogP contribution in [0.2, 0.25) is 0 Å². The smallest absolute Gasteiger partial charge is 0.407 e. The van der Waals surface area contributed by atoms with Crippen molar-refractivity contribution in [3.8, 4) is 5.88 Å². The predicted octanol–water partition coefficient (Wildman–Crippen LogP) is 1.99. The maximum absolute atomic E-state index is 13.3. The third-order valence-electron chi connectivity index (χ3n) is 2.57. The Morgan fingerprint density at radius 1 is 1.40 bits per heavy atom. The molecule has 1 unspecified atom stereocenters. The van der Waals surface area contributed by atoms with Crippen molar-refractivity contribution in [2.75, 3.05) is 12.8 Å². The highest BCUT2D eigenvalue weighted by Gasteiger charge is 2.18. The summed E-state index contributed by atoms with van der Waals surface area (Å²) in [7, 11) is -3.70. The highest BCUT2D eigenvalue weighted by Crippen LogP contribution is 2.19. The molecule has 1 aromatic rings. The molecule has 0 saturated carbocycles. The van der Waals surface area contributed by atoms with Gasteiger partial charge >= 0.3 is 6.09 Å². The van der Waals surface area contributed by atoms with Gasteiger partial charge in [-0.05, 0) is 33.8 Å². The lowest BCUT2D eigenvalue weighted by atomic mass is 10.2. The molecule has 1 heterocycles. The Balaban J connectivity index is 2.67. The van der Waals surface area contributed by atoms with Crippen molar-refractivity contribution in [1.29, 1.82) is 0 Å². The van der Waals surface area contributed by atoms with Crippen molar-refractivity contribution >= 4 is 16.2 Å². The molecule has 1 N–H and O–H groups in total. The maximum Gasteiger partial charge on any atom is 0.407 e. The first-order chi connectivity index (χ1) is 11.4. The molecule has 1 atom stereocenters. The number of amides is 1. The summed E-state index contributed by atoms with van der Waals surface area (Å²) in [5, 5.41) is 2.53. The number of hydrogen-bond acceptors (Lipinski definition) is 7. The average molecular weight is 378 g/mol. The lowest BCUT2D eigenvalue weighted by Gasteiger charge is -2.21. The molecule has 142 valence electrons. The number of alkyl carbamates (subject to hydrolysis) is 1. The van der Waals surface area contributed by atoms with Gasteiger partial charge in [0.25, 0.3) is 10.1 Å². The molecular weight excluding hydrogens is 355 g/mol. The highest BCUT2D eigenvalue weighted by molar-refractivity contribution is 7.85. The van der Waals surface area contributed by atoms with E-state index in [0.717, 1.165) is 18.5 Å². The fourth-order valence-electron chi connectivity index (χ4n) is 1.62. The fourth-order valence-corrected chi connectivity index (χ4v) is 1.96. The van der Waals surface area contributed by atoms with Gasteiger partial charge in [0.05, 0.1) is 25.6 Å². The van der Waals surface area contributed by atoms with Crippen molar-refractivity contribution in [2.45, 2.75) is 46.0 Å². The minimum Gasteiger partial charge on any atom is -0.473 e. The van der Waals surface area contributed by atoms with Gasteiger partial charge in [0.1, 0.15) is 17.5 Å². The number of rotatable bonds is 7. The van der Waals surface area contributed by atoms with Crippen LogP contribution in [0, 0.1) is 5.82 Å². The molecule has 1 aromatic heterocycles. The van der Waals surface area contributed by atoms with Crippen LogP contribution < -0.4 is 10.1 Å². The van der Waals surface area contributed by atoms with Crippen LogP contribution in [0.15, 0.2) is 12.3 Å². The van der Waals surface area contributed by atoms with Crippen LogP contribution >= 0.6 is 0 Å². The molecule has 0 fully saturated rings. The van der Waals surface area contributed by atoms with Gasteiger partial charge in [-0.15, -0.1) is 0 Å². The second-order valence-electron chi connectivity index (χ2n) is 6.40. The van der Waals surface area contributed by atoms with Gasteiger partial charge in [-0.25, -0.2) is 14.2 Å². The monoisotopic (exact) mass is 378 g/mol. The molecule has 8 nitrogen and oxygen atoms in total. The van der Waals surface area contributed by atoms with Gasteiger partial charge in [-0.3, -0.25) is 4.18 Å². The molecule has 1 rings (SSSR count). The van der Waals surface area contributed by atoms with Crippen LogP contribution in [0.3, 0.4) is 0 Å². The zero-order valence-corrected chi connectivity index (χ0v) is 15.6. The van der Waals surface area contributed by atoms with Gasteiger partial charge in [-0.2, -0.15) is 8.42 Å². The van der Waals surface area contributed by atoms with E-state index in [9.17, 15) is 17.6 Å². The van der Waals surface area contributed by atoms with E-state index >= 15 is 0 Å². The Kier molecular flexibility index (Phi) is 7.12. The van der Waals surface area contributed by atoms with Crippen LogP contribution in [-0.4, -0.2) is 44.0 Å². The molecule has 0 spiro atoms. The third-order valence-corrected chi connectivity index (χ3v) is 3.11. The number of pyridine rings is 1. The normalized spacial score (nSPS) is 13.2. The Morgan fingerprint density at radius 2 is 2.04 bits per heavy atom. The quantitative estimate of drug-likeness (QED) is 0.724. The highest BCUT2D eigenvalue weighted by atomic mass is 32.2. The summed E-state index contributed by atoms with van der Waals surface area (Å²) < 4.78 is 50.7. The second-order valence-corrected chi connectivity index (χ2v) is 8.04. The average Bonchev–Trinajstić information content (AvgIpc) is 2.43. The van der Waals surface area contributed by atoms with Crippen molar-refractivity contribution in [3.05, 3.63) is 23.6 Å². The zero-order valence-electron chi connectivity index (χ0n) is 14.8. The van der Waals surface area contributed by atoms with Gasteiger partial charge in [-0.1, -0.05) is 0 Å². The molecular formula is C15H23FN2O6S. The lowest BCUT2D eigenvalue weighted by Crippen LogP contribution is -2.37. The van der Waals surface area contributed by atoms with E-state index in [1.807, 2.05) is 0 Å². The summed E-state index contributed by atoms with van der Waals surface area (Å²) in [5.74, 6) is -0.637. The summed E-state index contributed by atoms with van der Waals surface area (Å²) in [4.78, 5) is 15.4. The summed E-state index contributed by atoms with van der Waals surface area (Å²) in [5.41, 5.74) is -0.488. The molecule has 0 aliphatic heterocycles. The number of aromatic nitrogens is 1. The summed E-state index contributed by atoms with van der Waals surface area (Å²) in [6, 6.07) is 1.07. The van der Waals surface area contributed by atoms with Crippen LogP contribution in [0.4, 0.5) is 9.18 Å². The Hall–Kier alpha value is -1.94. The molecule has 25 heavy (non-hydrogen) atoms. The van der Waals surface area contributed by atoms with Crippen molar-refractivity contribution in [1.82, 2.24) is 10.3 Å². The number of hydrogen-bond donors (Lipinski definition) is 1. The van der Waals surface area contributed by atoms with Crippen molar-refractivity contribution < 1.29 is 31.3 Å². The lowest BCUT2D eigenvalue weighted by molar-refractivity contribution is 0.0503. The largest absolute Gasteiger partial charge is 0.473 e. The summed E-state index contributed by atoms with van der Waals surface area (Å²) >= 11 is 0. The molecule has 0 aromatic carbocycles. The van der Waals surface area contributed by atoms with E-state index in [2.05, 4.69) is 14.5 Å². The van der Waals surface area contributed by atoms with E-state index in [4.69, 9.17) is 9.47 Å². The third kappa shape index (κ3) is 9.20. The first-order valence-corrected chi connectivity index (χ1v) is 9.30. The standard InChI is InChI=1S/C15H23FN2O6S/c1-10(7-18-14(19)24-15(2,3)4)23-13-11(6-12(16)8-17-13)9-22-25(5,20)21/h6,8,10H,7,9H2,1-5H3,(H,18,19). The van der Waals surface area contributed by atoms with E-state index in [1.54, 1.807) is 27.7 Å². The first-order valence-electron chi connectivity index (χ1n) is 7.48. The Labute approximate surface area is 146 Å². The zero-order chi connectivity index (χ0) is 19.3. The Bertz CT molecular complexity index is 702. The predicted molar refractivity (Wildman–Crippen MR) is 88.2 cm³/mol. The van der Waals surface area contributed by atoms with E-state index in [1.165, 1.54) is 0 Å². The number of ether oxygens (including phenoxy) is 2. The van der Waals surface area contributed by atoms with Crippen LogP contribution in [0.25, 0.3) is 0 Å². The maximum atomic E-state index is 13.3. The molecule has 0 radical (unpaired) electrons.